The third-order valence-corrected chi connectivity index (χ3v) is 8.48. The van der Waals surface area contributed by atoms with Crippen LogP contribution in [0.2, 0.25) is 0 Å². The zero-order valence-corrected chi connectivity index (χ0v) is 22.0. The van der Waals surface area contributed by atoms with Crippen molar-refractivity contribution in [3.8, 4) is 0 Å². The smallest absolute Gasteiger partial charge is 0.338 e. The average Bonchev–Trinajstić information content (AvgIpc) is 3.54. The van der Waals surface area contributed by atoms with Crippen LogP contribution in [0.4, 0.5) is 0 Å². The highest BCUT2D eigenvalue weighted by Crippen LogP contribution is 2.45. The van der Waals surface area contributed by atoms with Crippen molar-refractivity contribution < 1.29 is 29.0 Å². The van der Waals surface area contributed by atoms with Crippen molar-refractivity contribution in [3.05, 3.63) is 35.4 Å². The van der Waals surface area contributed by atoms with Crippen molar-refractivity contribution in [1.29, 1.82) is 0 Å². The molecule has 1 aliphatic carbocycles. The van der Waals surface area contributed by atoms with Gasteiger partial charge in [0.05, 0.1) is 37.4 Å². The van der Waals surface area contributed by atoms with E-state index in [4.69, 9.17) is 9.47 Å². The average molecular weight is 515 g/mol. The van der Waals surface area contributed by atoms with E-state index in [1.165, 1.54) is 45.6 Å². The number of unbranched alkanes of at least 4 members (excludes halogenated alkanes) is 1. The molecule has 8 heteroatoms. The summed E-state index contributed by atoms with van der Waals surface area (Å²) in [5.41, 5.74) is 1.31. The number of hydrogen-bond acceptors (Lipinski definition) is 6. The summed E-state index contributed by atoms with van der Waals surface area (Å²) in [5, 5.41) is 15.5. The molecule has 1 aromatic carbocycles. The highest BCUT2D eigenvalue weighted by molar-refractivity contribution is 5.91. The molecule has 0 aromatic heterocycles. The number of benzene rings is 1. The predicted octanol–water partition coefficient (Wildman–Crippen LogP) is 3.15. The lowest BCUT2D eigenvalue weighted by molar-refractivity contribution is -0.133. The second-order valence-electron chi connectivity index (χ2n) is 10.9. The second kappa shape index (κ2) is 13.4. The highest BCUT2D eigenvalue weighted by atomic mass is 16.5. The summed E-state index contributed by atoms with van der Waals surface area (Å²) >= 11 is 0. The lowest BCUT2D eigenvalue weighted by Gasteiger charge is -2.29. The highest BCUT2D eigenvalue weighted by Gasteiger charge is 2.52. The molecule has 3 fully saturated rings. The van der Waals surface area contributed by atoms with Crippen molar-refractivity contribution in [1.82, 2.24) is 10.6 Å². The van der Waals surface area contributed by atoms with Gasteiger partial charge in [0.15, 0.2) is 0 Å². The normalized spacial score (nSPS) is 26.0. The van der Waals surface area contributed by atoms with E-state index in [0.717, 1.165) is 37.2 Å². The van der Waals surface area contributed by atoms with Crippen LogP contribution in [0, 0.1) is 17.8 Å². The third kappa shape index (κ3) is 6.90. The summed E-state index contributed by atoms with van der Waals surface area (Å²) in [6.45, 7) is 0.0826. The molecule has 5 atom stereocenters. The van der Waals surface area contributed by atoms with Gasteiger partial charge in [0.1, 0.15) is 6.04 Å². The minimum Gasteiger partial charge on any atom is -0.465 e. The molecule has 2 heterocycles. The van der Waals surface area contributed by atoms with E-state index in [1.807, 2.05) is 12.1 Å². The number of hydrogen-bond donors (Lipinski definition) is 3. The van der Waals surface area contributed by atoms with Crippen LogP contribution >= 0.6 is 0 Å². The number of aliphatic hydroxyl groups excluding tert-OH is 1. The van der Waals surface area contributed by atoms with Crippen molar-refractivity contribution in [3.63, 3.8) is 0 Å². The Kier molecular flexibility index (Phi) is 9.97. The first-order valence-electron chi connectivity index (χ1n) is 14.0. The van der Waals surface area contributed by atoms with Gasteiger partial charge in [0, 0.05) is 12.5 Å². The molecule has 1 saturated carbocycles. The van der Waals surface area contributed by atoms with Crippen molar-refractivity contribution >= 4 is 17.8 Å². The lowest BCUT2D eigenvalue weighted by Crippen LogP contribution is -2.53. The van der Waals surface area contributed by atoms with Gasteiger partial charge in [-0.2, -0.15) is 0 Å². The Labute approximate surface area is 219 Å². The van der Waals surface area contributed by atoms with Crippen molar-refractivity contribution in [2.45, 2.75) is 88.9 Å². The topological polar surface area (TPSA) is 114 Å². The standard InChI is InChI=1S/C29H42N2O6/c1-36-29(35)21-13-6-5-12-20(21)17-22-24-14-15-25(37-24)26(22)28(34)31-23(18-32)27(33)30-16-8-7-11-19-9-3-2-4-10-19/h5-6,12-13,19,22-26,32H,2-4,7-11,14-18H2,1H3,(H,30,33)(H,31,34)/t22-,23?,24-,25+,26-/m0/s1. The fourth-order valence-electron chi connectivity index (χ4n) is 6.49. The van der Waals surface area contributed by atoms with Crippen LogP contribution in [-0.2, 0) is 25.5 Å². The Morgan fingerprint density at radius 2 is 1.81 bits per heavy atom. The van der Waals surface area contributed by atoms with E-state index in [-0.39, 0.29) is 29.9 Å². The lowest BCUT2D eigenvalue weighted by atomic mass is 9.75. The molecule has 0 spiro atoms. The number of carbonyl (C=O) groups excluding carboxylic acids is 3. The molecule has 2 amide bonds. The summed E-state index contributed by atoms with van der Waals surface area (Å²) in [4.78, 5) is 38.3. The van der Waals surface area contributed by atoms with Crippen LogP contribution in [0.1, 0.15) is 80.1 Å². The second-order valence-corrected chi connectivity index (χ2v) is 10.9. The van der Waals surface area contributed by atoms with Crippen LogP contribution in [0.25, 0.3) is 0 Å². The van der Waals surface area contributed by atoms with Crippen LogP contribution in [-0.4, -0.2) is 61.4 Å². The molecule has 37 heavy (non-hydrogen) atoms. The Hall–Kier alpha value is -2.45. The number of fused-ring (bicyclic) bond motifs is 2. The number of ether oxygens (including phenoxy) is 2. The molecule has 3 N–H and O–H groups in total. The summed E-state index contributed by atoms with van der Waals surface area (Å²) in [6, 6.07) is 6.27. The minimum atomic E-state index is -0.993. The van der Waals surface area contributed by atoms with Gasteiger partial charge in [-0.05, 0) is 43.2 Å². The van der Waals surface area contributed by atoms with Crippen LogP contribution in [0.3, 0.4) is 0 Å². The molecule has 2 bridgehead atoms. The summed E-state index contributed by atoms with van der Waals surface area (Å²) in [5.74, 6) is -0.778. The first-order valence-corrected chi connectivity index (χ1v) is 14.0. The molecule has 4 rings (SSSR count). The van der Waals surface area contributed by atoms with Crippen LogP contribution < -0.4 is 10.6 Å². The number of nitrogens with one attached hydrogen (secondary N) is 2. The summed E-state index contributed by atoms with van der Waals surface area (Å²) < 4.78 is 11.0. The first kappa shape index (κ1) is 27.6. The number of carbonyl (C=O) groups is 3. The Morgan fingerprint density at radius 3 is 2.57 bits per heavy atom. The van der Waals surface area contributed by atoms with Crippen molar-refractivity contribution in [2.24, 2.45) is 17.8 Å². The first-order chi connectivity index (χ1) is 18.0. The van der Waals surface area contributed by atoms with Gasteiger partial charge in [-0.3, -0.25) is 9.59 Å². The molecule has 1 aromatic rings. The summed E-state index contributed by atoms with van der Waals surface area (Å²) in [7, 11) is 1.35. The van der Waals surface area contributed by atoms with Crippen LogP contribution in [0.5, 0.6) is 0 Å². The molecule has 0 radical (unpaired) electrons. The van der Waals surface area contributed by atoms with E-state index in [0.29, 0.717) is 18.5 Å². The largest absolute Gasteiger partial charge is 0.465 e. The SMILES string of the molecule is COC(=O)c1ccccc1C[C@@H]1[C@H](C(=O)NC(CO)C(=O)NCCCCC2CCCCC2)[C@H]2CC[C@@H]1O2. The fraction of sp³-hybridized carbons (Fsp3) is 0.690. The quantitative estimate of drug-likeness (QED) is 0.292. The van der Waals surface area contributed by atoms with E-state index < -0.39 is 24.5 Å². The molecule has 1 unspecified atom stereocenters. The molecule has 2 saturated heterocycles. The number of amides is 2. The maximum Gasteiger partial charge on any atom is 0.338 e. The molecule has 8 nitrogen and oxygen atoms in total. The minimum absolute atomic E-state index is 0.0722. The fourth-order valence-corrected chi connectivity index (χ4v) is 6.49. The molecule has 3 aliphatic rings. The van der Waals surface area contributed by atoms with E-state index in [1.54, 1.807) is 12.1 Å². The van der Waals surface area contributed by atoms with Gasteiger partial charge < -0.3 is 25.2 Å². The third-order valence-electron chi connectivity index (χ3n) is 8.48. The van der Waals surface area contributed by atoms with E-state index in [2.05, 4.69) is 10.6 Å². The summed E-state index contributed by atoms with van der Waals surface area (Å²) in [6.07, 6.45) is 11.7. The van der Waals surface area contributed by atoms with Gasteiger partial charge in [0.2, 0.25) is 11.8 Å². The Morgan fingerprint density at radius 1 is 1.05 bits per heavy atom. The number of rotatable bonds is 12. The predicted molar refractivity (Wildman–Crippen MR) is 139 cm³/mol. The monoisotopic (exact) mass is 514 g/mol. The molecule has 2 aliphatic heterocycles. The van der Waals surface area contributed by atoms with Gasteiger partial charge in [-0.1, -0.05) is 63.1 Å². The number of esters is 1. The van der Waals surface area contributed by atoms with E-state index >= 15 is 0 Å². The van der Waals surface area contributed by atoms with Crippen LogP contribution in [0.15, 0.2) is 24.3 Å². The maximum absolute atomic E-state index is 13.4. The maximum atomic E-state index is 13.4. The molecule has 204 valence electrons. The Bertz CT molecular complexity index is 931. The number of methoxy groups -OCH3 is 1. The van der Waals surface area contributed by atoms with E-state index in [9.17, 15) is 19.5 Å². The molecular weight excluding hydrogens is 472 g/mol. The van der Waals surface area contributed by atoms with Crippen molar-refractivity contribution in [2.75, 3.05) is 20.3 Å². The van der Waals surface area contributed by atoms with Gasteiger partial charge in [-0.15, -0.1) is 0 Å². The van der Waals surface area contributed by atoms with Gasteiger partial charge >= 0.3 is 5.97 Å². The van der Waals surface area contributed by atoms with Gasteiger partial charge in [0.25, 0.3) is 0 Å². The zero-order valence-electron chi connectivity index (χ0n) is 22.0. The number of aliphatic hydroxyl groups is 1. The Balaban J connectivity index is 1.30. The molecular formula is C29H42N2O6. The van der Waals surface area contributed by atoms with Gasteiger partial charge in [-0.25, -0.2) is 4.79 Å². The zero-order chi connectivity index (χ0) is 26.2.